The van der Waals surface area contributed by atoms with Crippen LogP contribution in [0, 0.1) is 16.7 Å². The normalized spacial score (nSPS) is 18.0. The molecule has 230 valence electrons. The maximum Gasteiger partial charge on any atom is 0.437 e. The third kappa shape index (κ3) is 6.72. The molecule has 0 saturated carbocycles. The van der Waals surface area contributed by atoms with Gasteiger partial charge < -0.3 is 15.2 Å². The Hall–Kier alpha value is -5.05. The van der Waals surface area contributed by atoms with Gasteiger partial charge >= 0.3 is 6.09 Å². The van der Waals surface area contributed by atoms with Gasteiger partial charge in [0.05, 0.1) is 35.0 Å². The van der Waals surface area contributed by atoms with Crippen LogP contribution in [-0.2, 0) is 21.7 Å². The first-order valence-electron chi connectivity index (χ1n) is 14.2. The molecule has 1 aliphatic heterocycles. The van der Waals surface area contributed by atoms with Gasteiger partial charge in [-0.15, -0.1) is 4.99 Å². The zero-order chi connectivity index (χ0) is 32.2. The van der Waals surface area contributed by atoms with E-state index in [1.165, 1.54) is 22.2 Å². The van der Waals surface area contributed by atoms with E-state index in [1.54, 1.807) is 42.5 Å². The molecule has 2 heterocycles. The molecule has 11 nitrogen and oxygen atoms in total. The Balaban J connectivity index is 1.62. The van der Waals surface area contributed by atoms with Crippen LogP contribution in [0.5, 0.6) is 0 Å². The molecule has 1 aliphatic rings. The fourth-order valence-corrected chi connectivity index (χ4v) is 5.64. The number of carbonyl (C=O) groups is 2. The molecule has 0 aliphatic carbocycles. The van der Waals surface area contributed by atoms with Gasteiger partial charge in [-0.3, -0.25) is 9.69 Å². The van der Waals surface area contributed by atoms with E-state index in [0.29, 0.717) is 33.8 Å². The number of nitrogens with one attached hydrogen (secondary N) is 1. The van der Waals surface area contributed by atoms with Crippen LogP contribution < -0.4 is 5.32 Å². The van der Waals surface area contributed by atoms with Crippen LogP contribution in [0.2, 0.25) is 5.02 Å². The summed E-state index contributed by atoms with van der Waals surface area (Å²) < 4.78 is 6.92. The number of hydrogen-bond acceptors (Lipinski definition) is 7. The number of halogens is 1. The number of guanidine groups is 1. The van der Waals surface area contributed by atoms with E-state index in [1.807, 2.05) is 51.1 Å². The zero-order valence-electron chi connectivity index (χ0n) is 25.0. The third-order valence-electron chi connectivity index (χ3n) is 7.35. The Kier molecular flexibility index (Phi) is 8.99. The highest BCUT2D eigenvalue weighted by Gasteiger charge is 2.55. The molecule has 45 heavy (non-hydrogen) atoms. The Morgan fingerprint density at radius 3 is 2.51 bits per heavy atom. The molecule has 5 rings (SSSR count). The Bertz CT molecular complexity index is 1750. The van der Waals surface area contributed by atoms with E-state index in [2.05, 4.69) is 26.5 Å². The molecule has 4 aromatic rings. The summed E-state index contributed by atoms with van der Waals surface area (Å²) in [4.78, 5) is 37.4. The molecule has 0 spiro atoms. The van der Waals surface area contributed by atoms with Crippen LogP contribution in [0.25, 0.3) is 5.69 Å². The first-order valence-corrected chi connectivity index (χ1v) is 14.6. The molecule has 2 amide bonds. The largest absolute Gasteiger partial charge is 0.443 e. The number of hydrogen-bond donors (Lipinski definition) is 2. The molecule has 0 radical (unpaired) electrons. The molecular weight excluding hydrogens is 594 g/mol. The minimum Gasteiger partial charge on any atom is -0.443 e. The van der Waals surface area contributed by atoms with Gasteiger partial charge in [-0.05, 0) is 52.8 Å². The molecule has 1 aromatic heterocycles. The lowest BCUT2D eigenvalue weighted by Gasteiger charge is -2.34. The van der Waals surface area contributed by atoms with Crippen molar-refractivity contribution in [3.63, 3.8) is 0 Å². The number of nitriles is 1. The van der Waals surface area contributed by atoms with Crippen molar-refractivity contribution in [3.8, 4) is 11.8 Å². The van der Waals surface area contributed by atoms with Crippen LogP contribution in [-0.4, -0.2) is 49.3 Å². The van der Waals surface area contributed by atoms with Gasteiger partial charge in [0.15, 0.2) is 0 Å². The van der Waals surface area contributed by atoms with Crippen molar-refractivity contribution in [2.45, 2.75) is 45.4 Å². The maximum atomic E-state index is 14.8. The molecule has 2 atom stereocenters. The van der Waals surface area contributed by atoms with Crippen molar-refractivity contribution in [1.29, 1.82) is 5.26 Å². The zero-order valence-corrected chi connectivity index (χ0v) is 25.8. The van der Waals surface area contributed by atoms with E-state index in [0.717, 1.165) is 5.56 Å². The summed E-state index contributed by atoms with van der Waals surface area (Å²) in [6.07, 6.45) is 2.23. The number of nitrogens with zero attached hydrogens (tertiary/aromatic N) is 6. The average Bonchev–Trinajstić information content (AvgIpc) is 3.65. The first-order chi connectivity index (χ1) is 21.5. The SMILES string of the molecule is CC(C)(C)CC1(c2ccc(C#N)cc2)NC(=NC(=O)OCc2ccccc2)N([C@H](CO)c2ccc(Cl)c(-n3cncn3)c2)C1=O. The minimum absolute atomic E-state index is 0.0188. The van der Waals surface area contributed by atoms with Crippen LogP contribution in [0.4, 0.5) is 4.79 Å². The van der Waals surface area contributed by atoms with Crippen molar-refractivity contribution in [2.75, 3.05) is 6.61 Å². The van der Waals surface area contributed by atoms with Gasteiger partial charge in [-0.1, -0.05) is 80.9 Å². The molecule has 2 N–H and O–H groups in total. The summed E-state index contributed by atoms with van der Waals surface area (Å²) in [5.74, 6) is -0.518. The second-order valence-electron chi connectivity index (χ2n) is 11.9. The summed E-state index contributed by atoms with van der Waals surface area (Å²) in [5.41, 5.74) is 0.997. The number of aliphatic imine (C=N–C) groups is 1. The Morgan fingerprint density at radius 2 is 1.89 bits per heavy atom. The Labute approximate surface area is 265 Å². The van der Waals surface area contributed by atoms with Crippen molar-refractivity contribution >= 4 is 29.6 Å². The predicted octanol–water partition coefficient (Wildman–Crippen LogP) is 5.28. The lowest BCUT2D eigenvalue weighted by molar-refractivity contribution is -0.134. The summed E-state index contributed by atoms with van der Waals surface area (Å²) in [6.45, 7) is 5.45. The number of benzene rings is 3. The van der Waals surface area contributed by atoms with Crippen molar-refractivity contribution < 1.29 is 19.4 Å². The second-order valence-corrected chi connectivity index (χ2v) is 12.3. The summed E-state index contributed by atoms with van der Waals surface area (Å²) in [6, 6.07) is 22.0. The number of rotatable bonds is 8. The predicted molar refractivity (Wildman–Crippen MR) is 167 cm³/mol. The number of amides is 2. The number of aromatic nitrogens is 3. The summed E-state index contributed by atoms with van der Waals surface area (Å²) in [5, 5.41) is 28.0. The molecule has 12 heteroatoms. The van der Waals surface area contributed by atoms with E-state index < -0.39 is 30.2 Å². The molecule has 1 saturated heterocycles. The Morgan fingerprint density at radius 1 is 1.16 bits per heavy atom. The van der Waals surface area contributed by atoms with Crippen molar-refractivity contribution in [2.24, 2.45) is 10.4 Å². The van der Waals surface area contributed by atoms with Gasteiger partial charge in [-0.2, -0.15) is 10.4 Å². The van der Waals surface area contributed by atoms with Crippen molar-refractivity contribution in [3.05, 3.63) is 113 Å². The van der Waals surface area contributed by atoms with Gasteiger partial charge in [0.2, 0.25) is 5.96 Å². The first kappa shape index (κ1) is 31.4. The summed E-state index contributed by atoms with van der Waals surface area (Å²) >= 11 is 6.48. The molecule has 0 bridgehead atoms. The minimum atomic E-state index is -1.39. The quantitative estimate of drug-likeness (QED) is 0.269. The van der Waals surface area contributed by atoms with Gasteiger partial charge in [-0.25, -0.2) is 14.5 Å². The lowest BCUT2D eigenvalue weighted by Crippen LogP contribution is -2.47. The van der Waals surface area contributed by atoms with E-state index in [9.17, 15) is 20.0 Å². The van der Waals surface area contributed by atoms with E-state index in [-0.39, 0.29) is 18.0 Å². The van der Waals surface area contributed by atoms with Gasteiger partial charge in [0, 0.05) is 0 Å². The standard InChI is InChI=1S/C33H32ClN7O4/c1-32(2,3)19-33(25-12-9-22(16-35)10-13-25)29(43)41(30(39-33)38-31(44)45-18-23-7-5-4-6-8-23)28(17-42)24-11-14-26(34)27(15-24)40-21-36-20-37-40/h4-15,20-21,28,42H,17-19H2,1-3H3,(H,38,39,44)/t28-,33?/m1/s1. The fraction of sp³-hybridized carbons (Fsp3) is 0.273. The van der Waals surface area contributed by atoms with Crippen LogP contribution in [0.15, 0.2) is 90.4 Å². The topological polar surface area (TPSA) is 146 Å². The average molecular weight is 626 g/mol. The molecule has 1 unspecified atom stereocenters. The smallest absolute Gasteiger partial charge is 0.437 e. The number of ether oxygens (including phenoxy) is 1. The monoisotopic (exact) mass is 625 g/mol. The van der Waals surface area contributed by atoms with Crippen LogP contribution in [0.1, 0.15) is 55.5 Å². The lowest BCUT2D eigenvalue weighted by atomic mass is 9.75. The third-order valence-corrected chi connectivity index (χ3v) is 7.67. The number of aliphatic hydroxyl groups is 1. The van der Waals surface area contributed by atoms with Gasteiger partial charge in [0.1, 0.15) is 24.8 Å². The van der Waals surface area contributed by atoms with Crippen molar-refractivity contribution in [1.82, 2.24) is 25.0 Å². The fourth-order valence-electron chi connectivity index (χ4n) is 5.44. The van der Waals surface area contributed by atoms with Crippen LogP contribution in [0.3, 0.4) is 0 Å². The van der Waals surface area contributed by atoms with Gasteiger partial charge in [0.25, 0.3) is 5.91 Å². The highest BCUT2D eigenvalue weighted by Crippen LogP contribution is 2.42. The van der Waals surface area contributed by atoms with E-state index in [4.69, 9.17) is 16.3 Å². The highest BCUT2D eigenvalue weighted by molar-refractivity contribution is 6.32. The van der Waals surface area contributed by atoms with Crippen LogP contribution >= 0.6 is 11.6 Å². The molecule has 3 aromatic carbocycles. The maximum absolute atomic E-state index is 14.8. The molecular formula is C33H32ClN7O4. The highest BCUT2D eigenvalue weighted by atomic mass is 35.5. The second kappa shape index (κ2) is 12.9. The van der Waals surface area contributed by atoms with E-state index >= 15 is 0 Å². The number of carbonyl (C=O) groups excluding carboxylic acids is 2. The molecule has 1 fully saturated rings. The summed E-state index contributed by atoms with van der Waals surface area (Å²) in [7, 11) is 0. The number of aliphatic hydroxyl groups excluding tert-OH is 1.